The maximum absolute atomic E-state index is 11.2. The van der Waals surface area contributed by atoms with Gasteiger partial charge in [-0.3, -0.25) is 4.79 Å². The van der Waals surface area contributed by atoms with Gasteiger partial charge in [0.05, 0.1) is 13.2 Å². The third kappa shape index (κ3) is 3.23. The molecule has 0 aliphatic carbocycles. The van der Waals surface area contributed by atoms with Crippen LogP contribution in [0.25, 0.3) is 0 Å². The minimum absolute atomic E-state index is 0.113. The summed E-state index contributed by atoms with van der Waals surface area (Å²) in [7, 11) is 1.57. The maximum atomic E-state index is 11.2. The molecule has 0 saturated carbocycles. The van der Waals surface area contributed by atoms with E-state index in [1.165, 1.54) is 0 Å². The number of methoxy groups -OCH3 is 1. The predicted molar refractivity (Wildman–Crippen MR) is 66.0 cm³/mol. The predicted octanol–water partition coefficient (Wildman–Crippen LogP) is 0.206. The van der Waals surface area contributed by atoms with Crippen LogP contribution in [0.1, 0.15) is 5.56 Å². The van der Waals surface area contributed by atoms with Crippen molar-refractivity contribution >= 4 is 11.9 Å². The van der Waals surface area contributed by atoms with Crippen LogP contribution in [0.15, 0.2) is 24.3 Å². The van der Waals surface area contributed by atoms with E-state index in [1.54, 1.807) is 7.11 Å². The lowest BCUT2D eigenvalue weighted by Crippen LogP contribution is -2.56. The molecule has 1 aromatic carbocycles. The Labute approximate surface area is 110 Å². The summed E-state index contributed by atoms with van der Waals surface area (Å²) < 4.78 is 10.4. The van der Waals surface area contributed by atoms with Crippen molar-refractivity contribution in [1.82, 2.24) is 5.32 Å². The molecule has 19 heavy (non-hydrogen) atoms. The van der Waals surface area contributed by atoms with Crippen LogP contribution in [-0.4, -0.2) is 42.8 Å². The number of rotatable bonds is 4. The van der Waals surface area contributed by atoms with E-state index in [2.05, 4.69) is 5.32 Å². The molecular weight excluding hydrogens is 250 g/mol. The van der Waals surface area contributed by atoms with Crippen molar-refractivity contribution in [2.75, 3.05) is 13.7 Å². The average molecular weight is 265 g/mol. The number of morpholine rings is 1. The van der Waals surface area contributed by atoms with Crippen LogP contribution >= 0.6 is 0 Å². The van der Waals surface area contributed by atoms with E-state index < -0.39 is 24.0 Å². The first-order chi connectivity index (χ1) is 9.10. The molecule has 1 fully saturated rings. The topological polar surface area (TPSA) is 84.9 Å². The van der Waals surface area contributed by atoms with E-state index in [-0.39, 0.29) is 6.61 Å². The van der Waals surface area contributed by atoms with Crippen LogP contribution in [-0.2, 0) is 20.7 Å². The molecule has 102 valence electrons. The van der Waals surface area contributed by atoms with Gasteiger partial charge in [-0.05, 0) is 17.7 Å². The van der Waals surface area contributed by atoms with Crippen molar-refractivity contribution in [3.63, 3.8) is 0 Å². The summed E-state index contributed by atoms with van der Waals surface area (Å²) in [5.41, 5.74) is 0.895. The molecule has 0 radical (unpaired) electrons. The molecule has 6 nitrogen and oxygen atoms in total. The minimum Gasteiger partial charge on any atom is -0.497 e. The van der Waals surface area contributed by atoms with Crippen LogP contribution < -0.4 is 10.1 Å². The summed E-state index contributed by atoms with van der Waals surface area (Å²) in [5, 5.41) is 11.5. The number of carboxylic acids is 1. The average Bonchev–Trinajstić information content (AvgIpc) is 2.41. The van der Waals surface area contributed by atoms with Gasteiger partial charge in [-0.1, -0.05) is 12.1 Å². The third-order valence-electron chi connectivity index (χ3n) is 2.95. The highest BCUT2D eigenvalue weighted by molar-refractivity contribution is 5.85. The van der Waals surface area contributed by atoms with Gasteiger partial charge < -0.3 is 19.9 Å². The number of amides is 1. The SMILES string of the molecule is COc1cccc(CC2OCC(=O)NC2C(=O)O)c1. The zero-order valence-electron chi connectivity index (χ0n) is 10.5. The van der Waals surface area contributed by atoms with E-state index in [9.17, 15) is 9.59 Å². The minimum atomic E-state index is -1.10. The van der Waals surface area contributed by atoms with Crippen molar-refractivity contribution < 1.29 is 24.2 Å². The molecular formula is C13H15NO5. The van der Waals surface area contributed by atoms with Gasteiger partial charge in [-0.2, -0.15) is 0 Å². The largest absolute Gasteiger partial charge is 0.497 e. The summed E-state index contributed by atoms with van der Waals surface area (Å²) in [6.45, 7) is -0.113. The molecule has 6 heteroatoms. The van der Waals surface area contributed by atoms with Crippen molar-refractivity contribution in [2.45, 2.75) is 18.6 Å². The van der Waals surface area contributed by atoms with Gasteiger partial charge in [0.15, 0.2) is 6.04 Å². The van der Waals surface area contributed by atoms with Crippen molar-refractivity contribution in [1.29, 1.82) is 0 Å². The summed E-state index contributed by atoms with van der Waals surface area (Å²) in [5.74, 6) is -0.806. The second-order valence-corrected chi connectivity index (χ2v) is 4.29. The first kappa shape index (κ1) is 13.4. The highest BCUT2D eigenvalue weighted by atomic mass is 16.5. The number of hydrogen-bond acceptors (Lipinski definition) is 4. The Morgan fingerprint density at radius 1 is 1.58 bits per heavy atom. The fraction of sp³-hybridized carbons (Fsp3) is 0.385. The first-order valence-corrected chi connectivity index (χ1v) is 5.87. The highest BCUT2D eigenvalue weighted by Crippen LogP contribution is 2.17. The lowest BCUT2D eigenvalue weighted by molar-refractivity contribution is -0.154. The van der Waals surface area contributed by atoms with Crippen LogP contribution in [0.3, 0.4) is 0 Å². The third-order valence-corrected chi connectivity index (χ3v) is 2.95. The van der Waals surface area contributed by atoms with Crippen molar-refractivity contribution in [3.05, 3.63) is 29.8 Å². The zero-order chi connectivity index (χ0) is 13.8. The van der Waals surface area contributed by atoms with Crippen LogP contribution in [0.4, 0.5) is 0 Å². The Morgan fingerprint density at radius 2 is 2.37 bits per heavy atom. The Hall–Kier alpha value is -2.08. The summed E-state index contributed by atoms with van der Waals surface area (Å²) in [6.07, 6.45) is -0.184. The number of aliphatic carboxylic acids is 1. The Morgan fingerprint density at radius 3 is 3.05 bits per heavy atom. The van der Waals surface area contributed by atoms with Gasteiger partial charge in [0.2, 0.25) is 5.91 Å². The molecule has 1 heterocycles. The van der Waals surface area contributed by atoms with E-state index in [0.29, 0.717) is 12.2 Å². The fourth-order valence-electron chi connectivity index (χ4n) is 2.02. The monoisotopic (exact) mass is 265 g/mol. The molecule has 2 N–H and O–H groups in total. The van der Waals surface area contributed by atoms with Gasteiger partial charge in [-0.25, -0.2) is 4.79 Å². The van der Waals surface area contributed by atoms with Gasteiger partial charge in [0.25, 0.3) is 0 Å². The van der Waals surface area contributed by atoms with Crippen LogP contribution in [0.2, 0.25) is 0 Å². The smallest absolute Gasteiger partial charge is 0.328 e. The molecule has 1 aliphatic rings. The molecule has 0 spiro atoms. The standard InChI is InChI=1S/C13H15NO5/c1-18-9-4-2-3-8(5-9)6-10-12(13(16)17)14-11(15)7-19-10/h2-5,10,12H,6-7H2,1H3,(H,14,15)(H,16,17). The molecule has 2 atom stereocenters. The van der Waals surface area contributed by atoms with Crippen LogP contribution in [0.5, 0.6) is 5.75 Å². The highest BCUT2D eigenvalue weighted by Gasteiger charge is 2.34. The molecule has 2 rings (SSSR count). The van der Waals surface area contributed by atoms with Gasteiger partial charge in [0.1, 0.15) is 12.4 Å². The lowest BCUT2D eigenvalue weighted by Gasteiger charge is -2.29. The molecule has 1 saturated heterocycles. The molecule has 0 aromatic heterocycles. The summed E-state index contributed by atoms with van der Waals surface area (Å²) >= 11 is 0. The molecule has 0 bridgehead atoms. The Kier molecular flexibility index (Phi) is 4.01. The first-order valence-electron chi connectivity index (χ1n) is 5.87. The van der Waals surface area contributed by atoms with E-state index in [4.69, 9.17) is 14.6 Å². The molecule has 1 aromatic rings. The summed E-state index contributed by atoms with van der Waals surface area (Å²) in [4.78, 5) is 22.3. The van der Waals surface area contributed by atoms with Gasteiger partial charge >= 0.3 is 5.97 Å². The van der Waals surface area contributed by atoms with Gasteiger partial charge in [0, 0.05) is 6.42 Å². The van der Waals surface area contributed by atoms with Crippen molar-refractivity contribution in [2.24, 2.45) is 0 Å². The number of carbonyl (C=O) groups excluding carboxylic acids is 1. The van der Waals surface area contributed by atoms with E-state index in [1.807, 2.05) is 24.3 Å². The quantitative estimate of drug-likeness (QED) is 0.812. The molecule has 1 aliphatic heterocycles. The van der Waals surface area contributed by atoms with Crippen LogP contribution in [0, 0.1) is 0 Å². The number of nitrogens with one attached hydrogen (secondary N) is 1. The Bertz CT molecular complexity index is 488. The number of hydrogen-bond donors (Lipinski definition) is 2. The van der Waals surface area contributed by atoms with Crippen molar-refractivity contribution in [3.8, 4) is 5.75 Å². The second kappa shape index (κ2) is 5.71. The normalized spacial score (nSPS) is 22.7. The summed E-state index contributed by atoms with van der Waals surface area (Å²) in [6, 6.07) is 6.29. The van der Waals surface area contributed by atoms with E-state index in [0.717, 1.165) is 5.56 Å². The lowest BCUT2D eigenvalue weighted by atomic mass is 10.0. The van der Waals surface area contributed by atoms with Gasteiger partial charge in [-0.15, -0.1) is 0 Å². The van der Waals surface area contributed by atoms with E-state index >= 15 is 0 Å². The molecule has 2 unspecified atom stereocenters. The number of carboxylic acid groups (broad SMARTS) is 1. The Balaban J connectivity index is 2.11. The molecule has 1 amide bonds. The second-order valence-electron chi connectivity index (χ2n) is 4.29. The fourth-order valence-corrected chi connectivity index (χ4v) is 2.02. The number of ether oxygens (including phenoxy) is 2. The number of benzene rings is 1. The zero-order valence-corrected chi connectivity index (χ0v) is 10.5. The number of carbonyl (C=O) groups is 2. The maximum Gasteiger partial charge on any atom is 0.328 e.